The van der Waals surface area contributed by atoms with Crippen molar-refractivity contribution < 1.29 is 9.47 Å². The molecule has 0 atom stereocenters. The number of rotatable bonds is 7. The Morgan fingerprint density at radius 1 is 0.857 bits per heavy atom. The summed E-state index contributed by atoms with van der Waals surface area (Å²) in [6, 6.07) is 14.7. The molecule has 0 saturated heterocycles. The van der Waals surface area contributed by atoms with E-state index >= 15 is 0 Å². The van der Waals surface area contributed by atoms with Crippen LogP contribution in [0.1, 0.15) is 6.92 Å². The Labute approximate surface area is 124 Å². The Hall–Kier alpha value is -2.40. The summed E-state index contributed by atoms with van der Waals surface area (Å²) in [6.45, 7) is 3.80. The Kier molecular flexibility index (Phi) is 5.72. The zero-order valence-corrected chi connectivity index (χ0v) is 12.0. The summed E-state index contributed by atoms with van der Waals surface area (Å²) in [6.07, 6.45) is 0. The molecule has 5 nitrogen and oxygen atoms in total. The van der Waals surface area contributed by atoms with Crippen LogP contribution in [0.2, 0.25) is 0 Å². The van der Waals surface area contributed by atoms with Crippen LogP contribution in [0, 0.1) is 0 Å². The van der Waals surface area contributed by atoms with Crippen molar-refractivity contribution in [2.24, 2.45) is 10.2 Å². The fourth-order valence-electron chi connectivity index (χ4n) is 1.63. The molecule has 5 heteroatoms. The van der Waals surface area contributed by atoms with Crippen molar-refractivity contribution in [1.82, 2.24) is 0 Å². The molecule has 2 aromatic rings. The van der Waals surface area contributed by atoms with Crippen LogP contribution < -0.4 is 10.5 Å². The van der Waals surface area contributed by atoms with Crippen molar-refractivity contribution in [3.05, 3.63) is 48.5 Å². The lowest BCUT2D eigenvalue weighted by molar-refractivity contribution is 0.110. The van der Waals surface area contributed by atoms with Gasteiger partial charge in [0, 0.05) is 12.3 Å². The molecule has 21 heavy (non-hydrogen) atoms. The first-order chi connectivity index (χ1) is 10.3. The zero-order valence-electron chi connectivity index (χ0n) is 12.0. The van der Waals surface area contributed by atoms with Crippen LogP contribution in [0.15, 0.2) is 58.8 Å². The summed E-state index contributed by atoms with van der Waals surface area (Å²) in [5.41, 5.74) is 7.86. The van der Waals surface area contributed by atoms with E-state index in [0.717, 1.165) is 17.1 Å². The van der Waals surface area contributed by atoms with Gasteiger partial charge in [-0.25, -0.2) is 0 Å². The molecule has 0 heterocycles. The van der Waals surface area contributed by atoms with E-state index in [1.165, 1.54) is 0 Å². The van der Waals surface area contributed by atoms with Crippen LogP contribution in [-0.4, -0.2) is 19.8 Å². The number of benzene rings is 2. The molecule has 0 amide bonds. The van der Waals surface area contributed by atoms with Gasteiger partial charge in [-0.1, -0.05) is 0 Å². The largest absolute Gasteiger partial charge is 0.491 e. The van der Waals surface area contributed by atoms with Gasteiger partial charge in [0.05, 0.1) is 18.0 Å². The van der Waals surface area contributed by atoms with E-state index in [-0.39, 0.29) is 0 Å². The third-order valence-electron chi connectivity index (χ3n) is 2.71. The predicted octanol–water partition coefficient (Wildman–Crippen LogP) is 4.10. The predicted molar refractivity (Wildman–Crippen MR) is 83.5 cm³/mol. The average Bonchev–Trinajstić information content (AvgIpc) is 2.52. The lowest BCUT2D eigenvalue weighted by Crippen LogP contribution is -2.05. The first-order valence-electron chi connectivity index (χ1n) is 6.86. The van der Waals surface area contributed by atoms with Gasteiger partial charge < -0.3 is 15.2 Å². The smallest absolute Gasteiger partial charge is 0.119 e. The SMILES string of the molecule is CCOCCOc1ccc(N=Nc2ccc(N)cc2)cc1. The molecule has 2 N–H and O–H groups in total. The van der Waals surface area contributed by atoms with Crippen molar-refractivity contribution in [3.8, 4) is 5.75 Å². The number of hydrogen-bond donors (Lipinski definition) is 1. The summed E-state index contributed by atoms with van der Waals surface area (Å²) in [5, 5.41) is 8.30. The fraction of sp³-hybridized carbons (Fsp3) is 0.250. The minimum Gasteiger partial charge on any atom is -0.491 e. The van der Waals surface area contributed by atoms with Crippen LogP contribution in [0.25, 0.3) is 0 Å². The van der Waals surface area contributed by atoms with E-state index in [1.54, 1.807) is 12.1 Å². The third-order valence-corrected chi connectivity index (χ3v) is 2.71. The normalized spacial score (nSPS) is 10.9. The van der Waals surface area contributed by atoms with Crippen molar-refractivity contribution in [2.45, 2.75) is 6.92 Å². The van der Waals surface area contributed by atoms with Crippen LogP contribution >= 0.6 is 0 Å². The monoisotopic (exact) mass is 285 g/mol. The van der Waals surface area contributed by atoms with E-state index in [1.807, 2.05) is 43.3 Å². The van der Waals surface area contributed by atoms with Gasteiger partial charge >= 0.3 is 0 Å². The Bertz CT molecular complexity index is 565. The van der Waals surface area contributed by atoms with Crippen molar-refractivity contribution in [2.75, 3.05) is 25.6 Å². The number of hydrogen-bond acceptors (Lipinski definition) is 5. The second-order valence-electron chi connectivity index (χ2n) is 4.33. The molecule has 0 aliphatic rings. The molecular weight excluding hydrogens is 266 g/mol. The number of anilines is 1. The highest BCUT2D eigenvalue weighted by molar-refractivity contribution is 5.48. The van der Waals surface area contributed by atoms with Gasteiger partial charge in [0.25, 0.3) is 0 Å². The molecule has 0 radical (unpaired) electrons. The van der Waals surface area contributed by atoms with Gasteiger partial charge in [-0.05, 0) is 55.5 Å². The summed E-state index contributed by atoms with van der Waals surface area (Å²) < 4.78 is 10.7. The van der Waals surface area contributed by atoms with Gasteiger partial charge in [0.15, 0.2) is 0 Å². The highest BCUT2D eigenvalue weighted by Crippen LogP contribution is 2.21. The highest BCUT2D eigenvalue weighted by Gasteiger charge is 1.95. The molecular formula is C16H19N3O2. The molecule has 0 bridgehead atoms. The molecule has 0 aliphatic heterocycles. The number of nitrogens with two attached hydrogens (primary N) is 1. The average molecular weight is 285 g/mol. The third kappa shape index (κ3) is 5.24. The molecule has 110 valence electrons. The molecule has 2 rings (SSSR count). The van der Waals surface area contributed by atoms with Crippen molar-refractivity contribution in [3.63, 3.8) is 0 Å². The zero-order chi connectivity index (χ0) is 14.9. The van der Waals surface area contributed by atoms with Gasteiger partial charge in [-0.2, -0.15) is 10.2 Å². The minimum absolute atomic E-state index is 0.542. The topological polar surface area (TPSA) is 69.2 Å². The summed E-state index contributed by atoms with van der Waals surface area (Å²) in [7, 11) is 0. The van der Waals surface area contributed by atoms with E-state index in [4.69, 9.17) is 15.2 Å². The maximum Gasteiger partial charge on any atom is 0.119 e. The molecule has 2 aromatic carbocycles. The first kappa shape index (κ1) is 15.0. The maximum atomic E-state index is 5.61. The maximum absolute atomic E-state index is 5.61. The van der Waals surface area contributed by atoms with Crippen LogP contribution in [-0.2, 0) is 4.74 Å². The quantitative estimate of drug-likeness (QED) is 0.473. The van der Waals surface area contributed by atoms with Gasteiger partial charge in [-0.15, -0.1) is 0 Å². The van der Waals surface area contributed by atoms with Crippen molar-refractivity contribution >= 4 is 17.1 Å². The minimum atomic E-state index is 0.542. The second kappa shape index (κ2) is 8.01. The molecule has 0 aromatic heterocycles. The summed E-state index contributed by atoms with van der Waals surface area (Å²) in [4.78, 5) is 0. The molecule has 0 unspecified atom stereocenters. The Balaban J connectivity index is 1.88. The van der Waals surface area contributed by atoms with E-state index in [2.05, 4.69) is 10.2 Å². The lowest BCUT2D eigenvalue weighted by Gasteiger charge is -2.05. The number of ether oxygens (including phenoxy) is 2. The molecule has 0 spiro atoms. The fourth-order valence-corrected chi connectivity index (χ4v) is 1.63. The highest BCUT2D eigenvalue weighted by atomic mass is 16.5. The Morgan fingerprint density at radius 3 is 2.00 bits per heavy atom. The van der Waals surface area contributed by atoms with E-state index < -0.39 is 0 Å². The van der Waals surface area contributed by atoms with Crippen LogP contribution in [0.4, 0.5) is 17.1 Å². The summed E-state index contributed by atoms with van der Waals surface area (Å²) >= 11 is 0. The molecule has 0 saturated carbocycles. The second-order valence-corrected chi connectivity index (χ2v) is 4.33. The van der Waals surface area contributed by atoms with E-state index in [9.17, 15) is 0 Å². The van der Waals surface area contributed by atoms with Crippen LogP contribution in [0.3, 0.4) is 0 Å². The molecule has 0 aliphatic carbocycles. The van der Waals surface area contributed by atoms with E-state index in [0.29, 0.717) is 25.5 Å². The molecule has 0 fully saturated rings. The number of nitrogen functional groups attached to an aromatic ring is 1. The Morgan fingerprint density at radius 2 is 1.43 bits per heavy atom. The lowest BCUT2D eigenvalue weighted by atomic mass is 10.3. The van der Waals surface area contributed by atoms with Gasteiger partial charge in [-0.3, -0.25) is 0 Å². The summed E-state index contributed by atoms with van der Waals surface area (Å²) in [5.74, 6) is 0.793. The standard InChI is InChI=1S/C16H19N3O2/c1-2-20-11-12-21-16-9-7-15(8-10-16)19-18-14-5-3-13(17)4-6-14/h3-10H,2,11-12,17H2,1H3. The van der Waals surface area contributed by atoms with Crippen molar-refractivity contribution in [1.29, 1.82) is 0 Å². The van der Waals surface area contributed by atoms with Crippen LogP contribution in [0.5, 0.6) is 5.75 Å². The number of azo groups is 1. The first-order valence-corrected chi connectivity index (χ1v) is 6.86. The van der Waals surface area contributed by atoms with Gasteiger partial charge in [0.2, 0.25) is 0 Å². The number of nitrogens with zero attached hydrogens (tertiary/aromatic N) is 2. The van der Waals surface area contributed by atoms with Gasteiger partial charge in [0.1, 0.15) is 12.4 Å².